The molecule has 0 bridgehead atoms. The summed E-state index contributed by atoms with van der Waals surface area (Å²) in [5.41, 5.74) is -0.762. The summed E-state index contributed by atoms with van der Waals surface area (Å²) in [5, 5.41) is 0. The molecular weight excluding hydrogens is 464 g/mol. The molecule has 1 aromatic rings. The average molecular weight is 497 g/mol. The van der Waals surface area contributed by atoms with E-state index in [1.165, 1.54) is 11.8 Å². The van der Waals surface area contributed by atoms with Crippen LogP contribution in [0, 0.1) is 0 Å². The number of benzene rings is 1. The largest absolute Gasteiger partial charge is 0.462 e. The lowest BCUT2D eigenvalue weighted by molar-refractivity contribution is -0.179. The van der Waals surface area contributed by atoms with E-state index in [-0.39, 0.29) is 32.3 Å². The van der Waals surface area contributed by atoms with Gasteiger partial charge in [0, 0.05) is 30.6 Å². The van der Waals surface area contributed by atoms with Crippen molar-refractivity contribution in [2.75, 3.05) is 6.61 Å². The van der Waals surface area contributed by atoms with Crippen LogP contribution in [0.1, 0.15) is 53.4 Å². The molecule has 0 saturated carbocycles. The number of carbonyl (C=O) groups is 4. The van der Waals surface area contributed by atoms with Crippen LogP contribution >= 0.6 is 11.8 Å². The van der Waals surface area contributed by atoms with E-state index in [1.54, 1.807) is 27.7 Å². The molecule has 0 radical (unpaired) electrons. The van der Waals surface area contributed by atoms with Crippen molar-refractivity contribution in [3.8, 4) is 0 Å². The second-order valence-corrected chi connectivity index (χ2v) is 8.61. The standard InChI is InChI=1S/C24H32O9S/c1-5-17(25)29-14-16(30-18(26)6-2)21-22(31-19(27)7-3)23(32-20(28)8-4)24(33-21)34-15-12-10-9-11-13-15/h9-13,16,21-24H,5-8,14H2,1-4H3/t16-,21-,22+,23-,24+/m1/s1. The highest BCUT2D eigenvalue weighted by Gasteiger charge is 2.54. The van der Waals surface area contributed by atoms with Gasteiger partial charge < -0.3 is 23.7 Å². The van der Waals surface area contributed by atoms with E-state index >= 15 is 0 Å². The maximum absolute atomic E-state index is 12.3. The summed E-state index contributed by atoms with van der Waals surface area (Å²) in [7, 11) is 0. The van der Waals surface area contributed by atoms with E-state index in [2.05, 4.69) is 0 Å². The molecule has 0 amide bonds. The molecule has 0 unspecified atom stereocenters. The molecular formula is C24H32O9S. The molecule has 1 fully saturated rings. The zero-order valence-corrected chi connectivity index (χ0v) is 20.7. The van der Waals surface area contributed by atoms with Crippen molar-refractivity contribution >= 4 is 35.6 Å². The van der Waals surface area contributed by atoms with Crippen molar-refractivity contribution in [2.45, 2.75) is 88.1 Å². The van der Waals surface area contributed by atoms with Gasteiger partial charge in [-0.15, -0.1) is 0 Å². The van der Waals surface area contributed by atoms with Gasteiger partial charge >= 0.3 is 23.9 Å². The van der Waals surface area contributed by atoms with Crippen LogP contribution in [0.4, 0.5) is 0 Å². The first kappa shape index (κ1) is 27.7. The second-order valence-electron chi connectivity index (χ2n) is 7.43. The number of rotatable bonds is 12. The monoisotopic (exact) mass is 496 g/mol. The summed E-state index contributed by atoms with van der Waals surface area (Å²) in [5.74, 6) is -2.05. The van der Waals surface area contributed by atoms with E-state index in [0.29, 0.717) is 0 Å². The van der Waals surface area contributed by atoms with Crippen LogP contribution in [0.3, 0.4) is 0 Å². The number of ether oxygens (including phenoxy) is 5. The van der Waals surface area contributed by atoms with E-state index in [4.69, 9.17) is 23.7 Å². The Morgan fingerprint density at radius 3 is 1.94 bits per heavy atom. The molecule has 188 valence electrons. The van der Waals surface area contributed by atoms with Crippen LogP contribution in [-0.2, 0) is 42.9 Å². The Morgan fingerprint density at radius 2 is 1.38 bits per heavy atom. The van der Waals surface area contributed by atoms with Gasteiger partial charge in [0.25, 0.3) is 0 Å². The summed E-state index contributed by atoms with van der Waals surface area (Å²) in [6.45, 7) is 6.26. The third-order valence-electron chi connectivity index (χ3n) is 4.95. The molecule has 34 heavy (non-hydrogen) atoms. The van der Waals surface area contributed by atoms with Gasteiger partial charge in [0.15, 0.2) is 18.3 Å². The Labute approximate surface area is 203 Å². The summed E-state index contributed by atoms with van der Waals surface area (Å²) in [6.07, 6.45) is -3.72. The number of thioether (sulfide) groups is 1. The minimum atomic E-state index is -1.07. The van der Waals surface area contributed by atoms with Crippen molar-refractivity contribution in [1.29, 1.82) is 0 Å². The number of carbonyl (C=O) groups excluding carboxylic acids is 4. The lowest BCUT2D eigenvalue weighted by Gasteiger charge is -2.28. The summed E-state index contributed by atoms with van der Waals surface area (Å²) >= 11 is 1.29. The van der Waals surface area contributed by atoms with E-state index in [0.717, 1.165) is 4.90 Å². The van der Waals surface area contributed by atoms with Crippen molar-refractivity contribution in [3.63, 3.8) is 0 Å². The average Bonchev–Trinajstić information content (AvgIpc) is 3.17. The van der Waals surface area contributed by atoms with Crippen LogP contribution in [0.25, 0.3) is 0 Å². The van der Waals surface area contributed by atoms with Gasteiger partial charge in [-0.1, -0.05) is 57.7 Å². The van der Waals surface area contributed by atoms with E-state index < -0.39 is 53.7 Å². The van der Waals surface area contributed by atoms with Gasteiger partial charge in [0.1, 0.15) is 18.1 Å². The lowest BCUT2D eigenvalue weighted by Crippen LogP contribution is -2.47. The van der Waals surface area contributed by atoms with Gasteiger partial charge in [0.2, 0.25) is 0 Å². The van der Waals surface area contributed by atoms with E-state index in [9.17, 15) is 19.2 Å². The van der Waals surface area contributed by atoms with Crippen LogP contribution in [0.15, 0.2) is 35.2 Å². The Kier molecular flexibility index (Phi) is 11.4. The zero-order chi connectivity index (χ0) is 25.1. The highest BCUT2D eigenvalue weighted by molar-refractivity contribution is 7.99. The van der Waals surface area contributed by atoms with Gasteiger partial charge in [-0.3, -0.25) is 19.2 Å². The third kappa shape index (κ3) is 8.02. The molecule has 10 heteroatoms. The van der Waals surface area contributed by atoms with Gasteiger partial charge in [-0.2, -0.15) is 0 Å². The molecule has 0 aliphatic carbocycles. The Morgan fingerprint density at radius 1 is 0.824 bits per heavy atom. The van der Waals surface area contributed by atoms with Gasteiger partial charge in [-0.05, 0) is 12.1 Å². The summed E-state index contributed by atoms with van der Waals surface area (Å²) in [6, 6.07) is 9.31. The summed E-state index contributed by atoms with van der Waals surface area (Å²) in [4.78, 5) is 49.3. The van der Waals surface area contributed by atoms with Crippen molar-refractivity contribution in [3.05, 3.63) is 30.3 Å². The maximum Gasteiger partial charge on any atom is 0.306 e. The Balaban J connectivity index is 2.41. The van der Waals surface area contributed by atoms with Gasteiger partial charge in [-0.25, -0.2) is 0 Å². The van der Waals surface area contributed by atoms with Crippen LogP contribution in [0.2, 0.25) is 0 Å². The van der Waals surface area contributed by atoms with Crippen LogP contribution in [-0.4, -0.2) is 60.3 Å². The second kappa shape index (κ2) is 14.0. The SMILES string of the molecule is CCC(=O)OC[C@@H](OC(=O)CC)[C@H]1O[C@@H](Sc2ccccc2)[C@H](OC(=O)CC)[C@H]1OC(=O)CC. The predicted molar refractivity (Wildman–Crippen MR) is 123 cm³/mol. The smallest absolute Gasteiger partial charge is 0.306 e. The fourth-order valence-corrected chi connectivity index (χ4v) is 4.24. The minimum absolute atomic E-state index is 0.0817. The lowest BCUT2D eigenvalue weighted by atomic mass is 10.1. The van der Waals surface area contributed by atoms with Crippen molar-refractivity contribution < 1.29 is 42.9 Å². The highest BCUT2D eigenvalue weighted by Crippen LogP contribution is 2.39. The fraction of sp³-hybridized carbons (Fsp3) is 0.583. The highest BCUT2D eigenvalue weighted by atomic mass is 32.2. The molecule has 1 heterocycles. The molecule has 1 aliphatic heterocycles. The maximum atomic E-state index is 12.3. The molecule has 9 nitrogen and oxygen atoms in total. The quantitative estimate of drug-likeness (QED) is 0.315. The van der Waals surface area contributed by atoms with Gasteiger partial charge in [0.05, 0.1) is 0 Å². The summed E-state index contributed by atoms with van der Waals surface area (Å²) < 4.78 is 28.2. The van der Waals surface area contributed by atoms with Crippen LogP contribution in [0.5, 0.6) is 0 Å². The minimum Gasteiger partial charge on any atom is -0.462 e. The first-order chi connectivity index (χ1) is 16.3. The zero-order valence-electron chi connectivity index (χ0n) is 19.9. The molecule has 0 aromatic heterocycles. The first-order valence-electron chi connectivity index (χ1n) is 11.4. The fourth-order valence-electron chi connectivity index (χ4n) is 3.13. The first-order valence-corrected chi connectivity index (χ1v) is 12.3. The van der Waals surface area contributed by atoms with Crippen molar-refractivity contribution in [1.82, 2.24) is 0 Å². The molecule has 1 saturated heterocycles. The van der Waals surface area contributed by atoms with E-state index in [1.807, 2.05) is 30.3 Å². The van der Waals surface area contributed by atoms with Crippen LogP contribution < -0.4 is 0 Å². The third-order valence-corrected chi connectivity index (χ3v) is 6.11. The predicted octanol–water partition coefficient (Wildman–Crippen LogP) is 3.42. The number of hydrogen-bond donors (Lipinski definition) is 0. The topological polar surface area (TPSA) is 114 Å². The number of hydrogen-bond acceptors (Lipinski definition) is 10. The molecule has 1 aliphatic rings. The molecule has 5 atom stereocenters. The Hall–Kier alpha value is -2.59. The van der Waals surface area contributed by atoms with Crippen molar-refractivity contribution in [2.24, 2.45) is 0 Å². The molecule has 0 N–H and O–H groups in total. The molecule has 0 spiro atoms. The normalized spacial score (nSPS) is 22.5. The Bertz CT molecular complexity index is 829. The molecule has 2 rings (SSSR count). The molecule has 1 aromatic carbocycles. The number of esters is 4.